The van der Waals surface area contributed by atoms with Crippen molar-refractivity contribution in [3.05, 3.63) is 71.0 Å². The van der Waals surface area contributed by atoms with Crippen LogP contribution in [0.2, 0.25) is 0 Å². The Hall–Kier alpha value is -2.66. The van der Waals surface area contributed by atoms with Gasteiger partial charge in [0.2, 0.25) is 0 Å². The summed E-state index contributed by atoms with van der Waals surface area (Å²) in [5.74, 6) is 0.292. The molecular formula is C25H38N4O. The molecule has 0 atom stereocenters. The van der Waals surface area contributed by atoms with Gasteiger partial charge in [-0.25, -0.2) is 0 Å². The van der Waals surface area contributed by atoms with E-state index in [0.29, 0.717) is 12.3 Å². The molecule has 0 aromatic carbocycles. The minimum atomic E-state index is 0.292. The van der Waals surface area contributed by atoms with E-state index in [9.17, 15) is 5.11 Å². The minimum Gasteiger partial charge on any atom is -0.506 e. The zero-order chi connectivity index (χ0) is 22.2. The summed E-state index contributed by atoms with van der Waals surface area (Å²) in [5, 5.41) is 17.0. The lowest BCUT2D eigenvalue weighted by atomic mass is 10.1. The Morgan fingerprint density at radius 3 is 2.47 bits per heavy atom. The topological polar surface area (TPSA) is 69.0 Å². The molecule has 0 spiro atoms. The van der Waals surface area contributed by atoms with Crippen molar-refractivity contribution < 1.29 is 5.11 Å². The largest absolute Gasteiger partial charge is 0.506 e. The molecule has 0 radical (unpaired) electrons. The Kier molecular flexibility index (Phi) is 12.9. The van der Waals surface area contributed by atoms with Crippen LogP contribution in [-0.2, 0) is 0 Å². The van der Waals surface area contributed by atoms with E-state index >= 15 is 0 Å². The Bertz CT molecular complexity index is 752. The van der Waals surface area contributed by atoms with Crippen LogP contribution in [0.4, 0.5) is 0 Å². The first-order valence-electron chi connectivity index (χ1n) is 10.7. The number of allylic oxidation sites excluding steroid dienone is 6. The van der Waals surface area contributed by atoms with Crippen molar-refractivity contribution in [1.29, 1.82) is 0 Å². The smallest absolute Gasteiger partial charge is 0.141 e. The summed E-state index contributed by atoms with van der Waals surface area (Å²) in [6, 6.07) is 0. The molecule has 1 aliphatic heterocycles. The van der Waals surface area contributed by atoms with Gasteiger partial charge in [0.15, 0.2) is 0 Å². The fourth-order valence-electron chi connectivity index (χ4n) is 2.88. The predicted molar refractivity (Wildman–Crippen MR) is 131 cm³/mol. The number of aliphatic hydroxyl groups excluding tert-OH is 1. The van der Waals surface area contributed by atoms with Crippen LogP contribution in [0.5, 0.6) is 0 Å². The number of hydrogen-bond donors (Lipinski definition) is 3. The van der Waals surface area contributed by atoms with E-state index in [0.717, 1.165) is 35.4 Å². The highest BCUT2D eigenvalue weighted by Gasteiger charge is 2.07. The number of hydrogen-bond acceptors (Lipinski definition) is 5. The molecule has 0 saturated carbocycles. The van der Waals surface area contributed by atoms with Crippen LogP contribution in [0.1, 0.15) is 53.4 Å². The second-order valence-corrected chi connectivity index (χ2v) is 7.31. The van der Waals surface area contributed by atoms with Crippen molar-refractivity contribution >= 4 is 12.4 Å². The first kappa shape index (κ1) is 25.4. The van der Waals surface area contributed by atoms with Gasteiger partial charge in [0.25, 0.3) is 0 Å². The highest BCUT2D eigenvalue weighted by molar-refractivity contribution is 5.98. The summed E-state index contributed by atoms with van der Waals surface area (Å²) in [4.78, 5) is 7.91. The van der Waals surface area contributed by atoms with Crippen molar-refractivity contribution in [3.63, 3.8) is 0 Å². The van der Waals surface area contributed by atoms with Crippen molar-refractivity contribution in [3.8, 4) is 0 Å². The molecule has 3 N–H and O–H groups in total. The zero-order valence-electron chi connectivity index (χ0n) is 19.0. The molecule has 1 aliphatic carbocycles. The van der Waals surface area contributed by atoms with E-state index in [2.05, 4.69) is 47.3 Å². The summed E-state index contributed by atoms with van der Waals surface area (Å²) in [5.41, 5.74) is 4.99. The zero-order valence-corrected chi connectivity index (χ0v) is 19.0. The third kappa shape index (κ3) is 10.2. The van der Waals surface area contributed by atoms with Crippen LogP contribution < -0.4 is 10.6 Å². The molecule has 0 bridgehead atoms. The Balaban J connectivity index is 0.000000780. The molecule has 2 rings (SSSR count). The molecule has 2 aliphatic rings. The molecule has 0 aromatic rings. The van der Waals surface area contributed by atoms with Crippen molar-refractivity contribution in [2.24, 2.45) is 9.98 Å². The lowest BCUT2D eigenvalue weighted by molar-refractivity contribution is 0.409. The first-order chi connectivity index (χ1) is 14.5. The van der Waals surface area contributed by atoms with Crippen LogP contribution in [0, 0.1) is 0 Å². The second-order valence-electron chi connectivity index (χ2n) is 7.31. The fraction of sp³-hybridized carbons (Fsp3) is 0.440. The van der Waals surface area contributed by atoms with Crippen molar-refractivity contribution in [2.45, 2.75) is 53.4 Å². The summed E-state index contributed by atoms with van der Waals surface area (Å²) < 4.78 is 0. The van der Waals surface area contributed by atoms with E-state index < -0.39 is 0 Å². The second kappa shape index (κ2) is 15.2. The molecule has 0 aromatic heterocycles. The maximum absolute atomic E-state index is 10.4. The highest BCUT2D eigenvalue weighted by atomic mass is 16.3. The number of rotatable bonds is 8. The van der Waals surface area contributed by atoms with Crippen LogP contribution in [-0.4, -0.2) is 37.2 Å². The quantitative estimate of drug-likeness (QED) is 0.280. The average molecular weight is 411 g/mol. The summed E-state index contributed by atoms with van der Waals surface area (Å²) in [7, 11) is 0. The minimum absolute atomic E-state index is 0.292. The van der Waals surface area contributed by atoms with E-state index in [1.165, 1.54) is 31.5 Å². The Morgan fingerprint density at radius 2 is 1.97 bits per heavy atom. The predicted octanol–water partition coefficient (Wildman–Crippen LogP) is 5.54. The van der Waals surface area contributed by atoms with E-state index in [1.54, 1.807) is 12.4 Å². The average Bonchev–Trinajstić information content (AvgIpc) is 3.35. The standard InChI is InChI=1S/C21H29N3O.C4H9N/c1-6-16(3)14-17(4)21(25)20(7-2)24-15-18-8-10-19(11-9-18)23-13-12-22-5;1-2-4-5-3-1/h7-10,12-14,24-25H,5-6,11,15H2,1-4H3;5H,1-4H2/b13-12-,16-14+,20-7+,21-17+,23-19?;. The maximum atomic E-state index is 10.4. The van der Waals surface area contributed by atoms with Crippen LogP contribution in [0.3, 0.4) is 0 Å². The molecule has 1 heterocycles. The van der Waals surface area contributed by atoms with Crippen LogP contribution in [0.25, 0.3) is 0 Å². The van der Waals surface area contributed by atoms with Crippen molar-refractivity contribution in [2.75, 3.05) is 19.6 Å². The van der Waals surface area contributed by atoms with Gasteiger partial charge < -0.3 is 15.7 Å². The summed E-state index contributed by atoms with van der Waals surface area (Å²) >= 11 is 0. The third-order valence-corrected chi connectivity index (χ3v) is 4.85. The van der Waals surface area contributed by atoms with E-state index in [-0.39, 0.29) is 0 Å². The molecule has 5 nitrogen and oxygen atoms in total. The third-order valence-electron chi connectivity index (χ3n) is 4.85. The highest BCUT2D eigenvalue weighted by Crippen LogP contribution is 2.15. The van der Waals surface area contributed by atoms with Gasteiger partial charge in [-0.1, -0.05) is 36.8 Å². The van der Waals surface area contributed by atoms with E-state index in [4.69, 9.17) is 0 Å². The normalized spacial score (nSPS) is 19.3. The molecular weight excluding hydrogens is 372 g/mol. The molecule has 1 saturated heterocycles. The first-order valence-corrected chi connectivity index (χ1v) is 10.7. The molecule has 5 heteroatoms. The van der Waals surface area contributed by atoms with Crippen molar-refractivity contribution in [1.82, 2.24) is 10.6 Å². The molecule has 164 valence electrons. The van der Waals surface area contributed by atoms with Gasteiger partial charge in [0.1, 0.15) is 5.76 Å². The van der Waals surface area contributed by atoms with Gasteiger partial charge in [-0.2, -0.15) is 0 Å². The lowest BCUT2D eigenvalue weighted by Crippen LogP contribution is -2.19. The number of nitrogens with one attached hydrogen (secondary N) is 2. The van der Waals surface area contributed by atoms with Gasteiger partial charge in [-0.05, 0) is 77.1 Å². The maximum Gasteiger partial charge on any atom is 0.141 e. The molecule has 1 fully saturated rings. The van der Waals surface area contributed by atoms with Gasteiger partial charge in [0, 0.05) is 31.1 Å². The Morgan fingerprint density at radius 1 is 1.23 bits per heavy atom. The molecule has 0 amide bonds. The van der Waals surface area contributed by atoms with Gasteiger partial charge >= 0.3 is 0 Å². The number of aliphatic imine (C=N–C) groups is 2. The summed E-state index contributed by atoms with van der Waals surface area (Å²) in [6.07, 6.45) is 17.8. The molecule has 30 heavy (non-hydrogen) atoms. The van der Waals surface area contributed by atoms with Gasteiger partial charge in [-0.15, -0.1) is 0 Å². The van der Waals surface area contributed by atoms with E-state index in [1.807, 2.05) is 38.2 Å². The summed E-state index contributed by atoms with van der Waals surface area (Å²) in [6.45, 7) is 14.5. The fourth-order valence-corrected chi connectivity index (χ4v) is 2.88. The van der Waals surface area contributed by atoms with Crippen LogP contribution >= 0.6 is 0 Å². The number of aliphatic hydroxyl groups is 1. The van der Waals surface area contributed by atoms with Gasteiger partial charge in [-0.3, -0.25) is 9.98 Å². The monoisotopic (exact) mass is 410 g/mol. The lowest BCUT2D eigenvalue weighted by Gasteiger charge is -2.14. The van der Waals surface area contributed by atoms with Crippen LogP contribution in [0.15, 0.2) is 80.9 Å². The molecule has 0 unspecified atom stereocenters. The van der Waals surface area contributed by atoms with Gasteiger partial charge in [0.05, 0.1) is 5.70 Å². The number of nitrogens with zero attached hydrogens (tertiary/aromatic N) is 2. The SMILES string of the molecule is C1CCNC1.C=N/C=C\N=C1C=CC(CNC(=C/C)/C(O)=C(C)\C=C(/C)CC)=CC1. The Labute approximate surface area is 182 Å².